The Balaban J connectivity index is 1.43. The molecule has 2 saturated heterocycles. The van der Waals surface area contributed by atoms with Crippen LogP contribution < -0.4 is 0 Å². The molecule has 7 nitrogen and oxygen atoms in total. The van der Waals surface area contributed by atoms with Gasteiger partial charge in [0.05, 0.1) is 12.1 Å². The fourth-order valence-corrected chi connectivity index (χ4v) is 3.70. The van der Waals surface area contributed by atoms with Crippen LogP contribution >= 0.6 is 0 Å². The molecular weight excluding hydrogens is 284 g/mol. The van der Waals surface area contributed by atoms with Crippen molar-refractivity contribution in [1.82, 2.24) is 19.9 Å². The molecule has 4 rings (SSSR count). The van der Waals surface area contributed by atoms with Crippen molar-refractivity contribution in [3.05, 3.63) is 11.7 Å². The van der Waals surface area contributed by atoms with Crippen molar-refractivity contribution in [3.8, 4) is 0 Å². The fraction of sp³-hybridized carbons (Fsp3) is 0.733. The number of aryl methyl sites for hydroxylation is 1. The number of hydrogen-bond donors (Lipinski definition) is 0. The second-order valence-electron chi connectivity index (χ2n) is 6.62. The smallest absolute Gasteiger partial charge is 0.236 e. The average Bonchev–Trinajstić information content (AvgIpc) is 2.94. The molecule has 0 bridgehead atoms. The quantitative estimate of drug-likeness (QED) is 0.811. The molecule has 1 saturated carbocycles. The van der Waals surface area contributed by atoms with Crippen LogP contribution in [0.15, 0.2) is 4.52 Å². The number of hydrogen-bond acceptors (Lipinski definition) is 5. The Labute approximate surface area is 128 Å². The second kappa shape index (κ2) is 5.07. The van der Waals surface area contributed by atoms with Crippen LogP contribution in [-0.4, -0.2) is 56.9 Å². The van der Waals surface area contributed by atoms with Crippen molar-refractivity contribution in [1.29, 1.82) is 0 Å². The van der Waals surface area contributed by atoms with Gasteiger partial charge in [-0.15, -0.1) is 0 Å². The van der Waals surface area contributed by atoms with E-state index >= 15 is 0 Å². The molecule has 22 heavy (non-hydrogen) atoms. The van der Waals surface area contributed by atoms with Gasteiger partial charge in [0.1, 0.15) is 6.42 Å². The number of aromatic nitrogens is 2. The highest BCUT2D eigenvalue weighted by molar-refractivity contribution is 5.84. The van der Waals surface area contributed by atoms with E-state index in [9.17, 15) is 9.59 Å². The van der Waals surface area contributed by atoms with Gasteiger partial charge in [-0.05, 0) is 32.1 Å². The van der Waals surface area contributed by atoms with Gasteiger partial charge in [-0.2, -0.15) is 4.98 Å². The van der Waals surface area contributed by atoms with Crippen LogP contribution in [0.2, 0.25) is 0 Å². The van der Waals surface area contributed by atoms with Gasteiger partial charge >= 0.3 is 0 Å². The van der Waals surface area contributed by atoms with Crippen molar-refractivity contribution in [2.45, 2.75) is 51.1 Å². The van der Waals surface area contributed by atoms with Crippen LogP contribution in [0.5, 0.6) is 0 Å². The summed E-state index contributed by atoms with van der Waals surface area (Å²) in [7, 11) is 0. The molecule has 7 heteroatoms. The zero-order valence-electron chi connectivity index (χ0n) is 12.7. The minimum absolute atomic E-state index is 0.0165. The molecule has 118 valence electrons. The maximum atomic E-state index is 12.5. The van der Waals surface area contributed by atoms with Gasteiger partial charge in [-0.1, -0.05) is 5.16 Å². The molecule has 3 fully saturated rings. The largest absolute Gasteiger partial charge is 0.339 e. The van der Waals surface area contributed by atoms with Crippen LogP contribution in [-0.2, 0) is 16.0 Å². The van der Waals surface area contributed by atoms with Crippen molar-refractivity contribution in [2.24, 2.45) is 5.92 Å². The molecule has 2 aliphatic heterocycles. The van der Waals surface area contributed by atoms with Crippen LogP contribution in [0.4, 0.5) is 0 Å². The lowest BCUT2D eigenvalue weighted by atomic mass is 10.1. The number of amides is 2. The topological polar surface area (TPSA) is 79.5 Å². The van der Waals surface area contributed by atoms with Gasteiger partial charge < -0.3 is 14.3 Å². The summed E-state index contributed by atoms with van der Waals surface area (Å²) in [4.78, 5) is 32.7. The lowest BCUT2D eigenvalue weighted by molar-refractivity contribution is -0.131. The lowest BCUT2D eigenvalue weighted by Crippen LogP contribution is -2.41. The molecule has 0 aromatic carbocycles. The average molecular weight is 304 g/mol. The Bertz CT molecular complexity index is 610. The van der Waals surface area contributed by atoms with Crippen molar-refractivity contribution >= 4 is 11.8 Å². The Morgan fingerprint density at radius 1 is 1.32 bits per heavy atom. The van der Waals surface area contributed by atoms with Crippen LogP contribution in [0.1, 0.15) is 37.4 Å². The number of rotatable bonds is 4. The molecule has 1 aliphatic carbocycles. The first-order valence-electron chi connectivity index (χ1n) is 8.00. The van der Waals surface area contributed by atoms with E-state index in [1.807, 2.05) is 9.80 Å². The Hall–Kier alpha value is -1.92. The first-order chi connectivity index (χ1) is 10.6. The first kappa shape index (κ1) is 13.7. The Kier molecular flexibility index (Phi) is 3.16. The zero-order chi connectivity index (χ0) is 15.3. The Morgan fingerprint density at radius 3 is 2.82 bits per heavy atom. The minimum Gasteiger partial charge on any atom is -0.339 e. The summed E-state index contributed by atoms with van der Waals surface area (Å²) in [6.45, 7) is 3.33. The van der Waals surface area contributed by atoms with Gasteiger partial charge in [-0.3, -0.25) is 9.59 Å². The summed E-state index contributed by atoms with van der Waals surface area (Å²) in [6, 6.07) is 0.240. The number of nitrogens with zero attached hydrogens (tertiary/aromatic N) is 4. The summed E-state index contributed by atoms with van der Waals surface area (Å²) in [5, 5.41) is 3.71. The predicted molar refractivity (Wildman–Crippen MR) is 75.7 cm³/mol. The highest BCUT2D eigenvalue weighted by Gasteiger charge is 2.49. The molecule has 0 spiro atoms. The molecular formula is C15H20N4O3. The second-order valence-corrected chi connectivity index (χ2v) is 6.62. The van der Waals surface area contributed by atoms with Gasteiger partial charge in [0, 0.05) is 19.5 Å². The third-order valence-corrected chi connectivity index (χ3v) is 4.96. The number of fused-ring (bicyclic) bond motifs is 1. The van der Waals surface area contributed by atoms with Crippen LogP contribution in [0.3, 0.4) is 0 Å². The van der Waals surface area contributed by atoms with E-state index in [0.717, 1.165) is 19.5 Å². The highest BCUT2D eigenvalue weighted by atomic mass is 16.5. The summed E-state index contributed by atoms with van der Waals surface area (Å²) in [6.07, 6.45) is 3.95. The van der Waals surface area contributed by atoms with Gasteiger partial charge in [-0.25, -0.2) is 0 Å². The van der Waals surface area contributed by atoms with Crippen LogP contribution in [0.25, 0.3) is 0 Å². The van der Waals surface area contributed by atoms with E-state index in [4.69, 9.17) is 4.52 Å². The lowest BCUT2D eigenvalue weighted by Gasteiger charge is -2.25. The number of carbonyl (C=O) groups excluding carboxylic acids is 2. The SMILES string of the molecule is Cc1noc(CC(=O)N2CC[C@@H]3[C@@H]2CC(=O)N3CC2CC2)n1. The van der Waals surface area contributed by atoms with E-state index in [1.165, 1.54) is 12.8 Å². The fourth-order valence-electron chi connectivity index (χ4n) is 3.70. The highest BCUT2D eigenvalue weighted by Crippen LogP contribution is 2.37. The molecule has 0 unspecified atom stereocenters. The van der Waals surface area contributed by atoms with Crippen molar-refractivity contribution < 1.29 is 14.1 Å². The van der Waals surface area contributed by atoms with Crippen LogP contribution in [0, 0.1) is 12.8 Å². The summed E-state index contributed by atoms with van der Waals surface area (Å²) in [5.41, 5.74) is 0. The van der Waals surface area contributed by atoms with Gasteiger partial charge in [0.25, 0.3) is 0 Å². The number of likely N-dealkylation sites (tertiary alicyclic amines) is 2. The molecule has 0 radical (unpaired) electrons. The van der Waals surface area contributed by atoms with E-state index in [-0.39, 0.29) is 30.3 Å². The van der Waals surface area contributed by atoms with Crippen molar-refractivity contribution in [2.75, 3.05) is 13.1 Å². The molecule has 3 heterocycles. The summed E-state index contributed by atoms with van der Waals surface area (Å²) < 4.78 is 5.02. The molecule has 0 N–H and O–H groups in total. The number of carbonyl (C=O) groups is 2. The zero-order valence-corrected chi connectivity index (χ0v) is 12.7. The molecule has 3 aliphatic rings. The summed E-state index contributed by atoms with van der Waals surface area (Å²) in [5.74, 6) is 1.76. The van der Waals surface area contributed by atoms with Gasteiger partial charge in [0.15, 0.2) is 5.82 Å². The standard InChI is InChI=1S/C15H20N4O3/c1-9-16-13(22-17-9)7-15(21)18-5-4-11-12(18)6-14(20)19(11)8-10-2-3-10/h10-12H,2-8H2,1H3/t11-,12+/m1/s1. The molecule has 1 aromatic rings. The van der Waals surface area contributed by atoms with E-state index in [0.29, 0.717) is 24.1 Å². The first-order valence-corrected chi connectivity index (χ1v) is 8.00. The monoisotopic (exact) mass is 304 g/mol. The van der Waals surface area contributed by atoms with E-state index in [1.54, 1.807) is 6.92 Å². The Morgan fingerprint density at radius 2 is 2.14 bits per heavy atom. The normalized spacial score (nSPS) is 27.6. The minimum atomic E-state index is -0.0165. The van der Waals surface area contributed by atoms with E-state index < -0.39 is 0 Å². The molecule has 1 aromatic heterocycles. The molecule has 2 amide bonds. The van der Waals surface area contributed by atoms with E-state index in [2.05, 4.69) is 10.1 Å². The third-order valence-electron chi connectivity index (χ3n) is 4.96. The van der Waals surface area contributed by atoms with Gasteiger partial charge in [0.2, 0.25) is 17.7 Å². The van der Waals surface area contributed by atoms with Crippen molar-refractivity contribution in [3.63, 3.8) is 0 Å². The third kappa shape index (κ3) is 2.38. The molecule has 2 atom stereocenters. The summed E-state index contributed by atoms with van der Waals surface area (Å²) >= 11 is 0. The maximum absolute atomic E-state index is 12.5. The maximum Gasteiger partial charge on any atom is 0.236 e. The predicted octanol–water partition coefficient (Wildman–Crippen LogP) is 0.532.